The number of urea groups is 1. The van der Waals surface area contributed by atoms with E-state index in [0.29, 0.717) is 6.42 Å². The molecule has 0 aromatic carbocycles. The molecular formula is C10H17N3O2. The molecule has 5 nitrogen and oxygen atoms in total. The topological polar surface area (TPSA) is 61.4 Å². The minimum atomic E-state index is -0.299. The van der Waals surface area contributed by atoms with Crippen molar-refractivity contribution in [2.24, 2.45) is 0 Å². The Hall–Kier alpha value is -1.10. The molecule has 1 unspecified atom stereocenters. The average Bonchev–Trinajstić information content (AvgIpc) is 2.55. The number of nitrogens with zero attached hydrogens (tertiary/aromatic N) is 1. The van der Waals surface area contributed by atoms with E-state index in [1.807, 2.05) is 6.92 Å². The summed E-state index contributed by atoms with van der Waals surface area (Å²) in [5.41, 5.74) is 0. The first-order valence-corrected chi connectivity index (χ1v) is 5.58. The van der Waals surface area contributed by atoms with Crippen molar-refractivity contribution in [2.45, 2.75) is 38.3 Å². The molecule has 3 amide bonds. The zero-order valence-corrected chi connectivity index (χ0v) is 8.95. The minimum Gasteiger partial charge on any atom is -0.326 e. The van der Waals surface area contributed by atoms with Gasteiger partial charge in [0.1, 0.15) is 6.04 Å². The van der Waals surface area contributed by atoms with Crippen LogP contribution in [-0.2, 0) is 4.79 Å². The van der Waals surface area contributed by atoms with Crippen LogP contribution in [-0.4, -0.2) is 42.0 Å². The van der Waals surface area contributed by atoms with E-state index in [9.17, 15) is 9.59 Å². The van der Waals surface area contributed by atoms with Crippen molar-refractivity contribution in [1.82, 2.24) is 15.5 Å². The standard InChI is InChI=1S/C10H17N3O2/c1-2-8-9(14)13(10(15)12-8)7-3-5-11-6-4-7/h7-8,11H,2-6H2,1H3,(H,12,15). The second-order valence-corrected chi connectivity index (χ2v) is 4.10. The van der Waals surface area contributed by atoms with Crippen molar-refractivity contribution in [2.75, 3.05) is 13.1 Å². The van der Waals surface area contributed by atoms with Gasteiger partial charge in [-0.1, -0.05) is 6.92 Å². The minimum absolute atomic E-state index is 0.0469. The number of rotatable bonds is 2. The zero-order valence-electron chi connectivity index (χ0n) is 8.95. The largest absolute Gasteiger partial charge is 0.326 e. The maximum Gasteiger partial charge on any atom is 0.325 e. The van der Waals surface area contributed by atoms with Gasteiger partial charge in [0, 0.05) is 6.04 Å². The van der Waals surface area contributed by atoms with E-state index in [2.05, 4.69) is 10.6 Å². The number of piperidine rings is 1. The summed E-state index contributed by atoms with van der Waals surface area (Å²) in [4.78, 5) is 24.9. The third-order valence-electron chi connectivity index (χ3n) is 3.13. The fourth-order valence-corrected chi connectivity index (χ4v) is 2.24. The molecule has 84 valence electrons. The maximum absolute atomic E-state index is 11.9. The maximum atomic E-state index is 11.9. The van der Waals surface area contributed by atoms with Gasteiger partial charge in [-0.05, 0) is 32.4 Å². The second-order valence-electron chi connectivity index (χ2n) is 4.10. The van der Waals surface area contributed by atoms with Crippen LogP contribution in [0.1, 0.15) is 26.2 Å². The number of amides is 3. The lowest BCUT2D eigenvalue weighted by Crippen LogP contribution is -2.46. The lowest BCUT2D eigenvalue weighted by atomic mass is 10.0. The number of nitrogens with one attached hydrogen (secondary N) is 2. The third-order valence-corrected chi connectivity index (χ3v) is 3.13. The van der Waals surface area contributed by atoms with Gasteiger partial charge in [0.2, 0.25) is 0 Å². The molecule has 2 saturated heterocycles. The molecule has 1 atom stereocenters. The Labute approximate surface area is 89.2 Å². The lowest BCUT2D eigenvalue weighted by Gasteiger charge is -2.29. The van der Waals surface area contributed by atoms with Gasteiger partial charge in [0.25, 0.3) is 5.91 Å². The normalized spacial score (nSPS) is 28.3. The second kappa shape index (κ2) is 4.18. The van der Waals surface area contributed by atoms with Gasteiger partial charge in [-0.25, -0.2) is 4.79 Å². The van der Waals surface area contributed by atoms with Crippen LogP contribution in [0.25, 0.3) is 0 Å². The molecule has 0 spiro atoms. The Balaban J connectivity index is 2.07. The van der Waals surface area contributed by atoms with E-state index in [4.69, 9.17) is 0 Å². The Kier molecular flexibility index (Phi) is 2.90. The highest BCUT2D eigenvalue weighted by atomic mass is 16.2. The molecule has 2 aliphatic rings. The molecule has 0 aromatic rings. The summed E-state index contributed by atoms with van der Waals surface area (Å²) in [5.74, 6) is -0.0469. The lowest BCUT2D eigenvalue weighted by molar-refractivity contribution is -0.129. The predicted octanol–water partition coefficient (Wildman–Crippen LogP) is 0.0688. The number of imide groups is 1. The average molecular weight is 211 g/mol. The molecule has 5 heteroatoms. The van der Waals surface area contributed by atoms with E-state index in [-0.39, 0.29) is 24.0 Å². The fourth-order valence-electron chi connectivity index (χ4n) is 2.24. The molecule has 0 radical (unpaired) electrons. The van der Waals surface area contributed by atoms with Gasteiger partial charge in [-0.15, -0.1) is 0 Å². The van der Waals surface area contributed by atoms with Crippen molar-refractivity contribution in [3.05, 3.63) is 0 Å². The predicted molar refractivity (Wildman–Crippen MR) is 55.3 cm³/mol. The van der Waals surface area contributed by atoms with E-state index in [1.165, 1.54) is 4.90 Å². The van der Waals surface area contributed by atoms with Crippen molar-refractivity contribution < 1.29 is 9.59 Å². The van der Waals surface area contributed by atoms with Crippen LogP contribution in [0.4, 0.5) is 4.79 Å². The van der Waals surface area contributed by atoms with Crippen LogP contribution in [0.5, 0.6) is 0 Å². The van der Waals surface area contributed by atoms with Crippen LogP contribution in [0.2, 0.25) is 0 Å². The Morgan fingerprint density at radius 2 is 2.00 bits per heavy atom. The first kappa shape index (κ1) is 10.4. The number of carbonyl (C=O) groups excluding carboxylic acids is 2. The third kappa shape index (κ3) is 1.84. The molecule has 2 fully saturated rings. The molecule has 0 saturated carbocycles. The van der Waals surface area contributed by atoms with Crippen LogP contribution in [0.15, 0.2) is 0 Å². The summed E-state index contributed by atoms with van der Waals surface area (Å²) in [7, 11) is 0. The summed E-state index contributed by atoms with van der Waals surface area (Å²) < 4.78 is 0. The summed E-state index contributed by atoms with van der Waals surface area (Å²) in [5, 5.41) is 5.94. The van der Waals surface area contributed by atoms with E-state index in [1.54, 1.807) is 0 Å². The van der Waals surface area contributed by atoms with Crippen LogP contribution in [0.3, 0.4) is 0 Å². The van der Waals surface area contributed by atoms with Crippen molar-refractivity contribution >= 4 is 11.9 Å². The van der Waals surface area contributed by atoms with Gasteiger partial charge in [0.05, 0.1) is 0 Å². The molecule has 2 aliphatic heterocycles. The fraction of sp³-hybridized carbons (Fsp3) is 0.800. The summed E-state index contributed by atoms with van der Waals surface area (Å²) >= 11 is 0. The number of hydrogen-bond donors (Lipinski definition) is 2. The van der Waals surface area contributed by atoms with Crippen LogP contribution >= 0.6 is 0 Å². The molecule has 0 aromatic heterocycles. The van der Waals surface area contributed by atoms with E-state index < -0.39 is 0 Å². The molecule has 0 aliphatic carbocycles. The van der Waals surface area contributed by atoms with Crippen LogP contribution < -0.4 is 10.6 Å². The van der Waals surface area contributed by atoms with Crippen molar-refractivity contribution in [3.8, 4) is 0 Å². The summed E-state index contributed by atoms with van der Waals surface area (Å²) in [6.45, 7) is 3.69. The Morgan fingerprint density at radius 3 is 2.53 bits per heavy atom. The number of carbonyl (C=O) groups is 2. The Bertz CT molecular complexity index is 274. The highest BCUT2D eigenvalue weighted by Crippen LogP contribution is 2.18. The highest BCUT2D eigenvalue weighted by Gasteiger charge is 2.41. The Morgan fingerprint density at radius 1 is 1.33 bits per heavy atom. The SMILES string of the molecule is CCC1NC(=O)N(C2CCNCC2)C1=O. The first-order chi connectivity index (χ1) is 7.24. The van der Waals surface area contributed by atoms with Gasteiger partial charge in [-0.3, -0.25) is 9.69 Å². The van der Waals surface area contributed by atoms with Gasteiger partial charge < -0.3 is 10.6 Å². The van der Waals surface area contributed by atoms with Crippen molar-refractivity contribution in [3.63, 3.8) is 0 Å². The molecule has 2 rings (SSSR count). The monoisotopic (exact) mass is 211 g/mol. The van der Waals surface area contributed by atoms with Crippen molar-refractivity contribution in [1.29, 1.82) is 0 Å². The zero-order chi connectivity index (χ0) is 10.8. The highest BCUT2D eigenvalue weighted by molar-refractivity contribution is 6.04. The summed E-state index contributed by atoms with van der Waals surface area (Å²) in [6.07, 6.45) is 2.41. The van der Waals surface area contributed by atoms with Crippen LogP contribution in [0, 0.1) is 0 Å². The molecule has 15 heavy (non-hydrogen) atoms. The molecular weight excluding hydrogens is 194 g/mol. The smallest absolute Gasteiger partial charge is 0.325 e. The van der Waals surface area contributed by atoms with E-state index in [0.717, 1.165) is 25.9 Å². The van der Waals surface area contributed by atoms with E-state index >= 15 is 0 Å². The number of hydrogen-bond acceptors (Lipinski definition) is 3. The van der Waals surface area contributed by atoms with Gasteiger partial charge in [0.15, 0.2) is 0 Å². The molecule has 0 bridgehead atoms. The molecule has 2 N–H and O–H groups in total. The van der Waals surface area contributed by atoms with Gasteiger partial charge >= 0.3 is 6.03 Å². The molecule has 2 heterocycles. The summed E-state index contributed by atoms with van der Waals surface area (Å²) in [6, 6.07) is -0.415. The van der Waals surface area contributed by atoms with Gasteiger partial charge in [-0.2, -0.15) is 0 Å². The first-order valence-electron chi connectivity index (χ1n) is 5.58. The quantitative estimate of drug-likeness (QED) is 0.635.